The summed E-state index contributed by atoms with van der Waals surface area (Å²) in [4.78, 5) is 16.7. The van der Waals surface area contributed by atoms with Crippen LogP contribution >= 0.6 is 23.1 Å². The third-order valence-electron chi connectivity index (χ3n) is 4.04. The molecule has 0 aliphatic carbocycles. The van der Waals surface area contributed by atoms with E-state index < -0.39 is 0 Å². The largest absolute Gasteiger partial charge is 0.493 e. The van der Waals surface area contributed by atoms with Gasteiger partial charge in [0.05, 0.1) is 31.5 Å². The van der Waals surface area contributed by atoms with Crippen molar-refractivity contribution >= 4 is 39.2 Å². The summed E-state index contributed by atoms with van der Waals surface area (Å²) < 4.78 is 18.1. The molecule has 8 heteroatoms. The number of aromatic nitrogens is 1. The summed E-state index contributed by atoms with van der Waals surface area (Å²) in [5, 5.41) is 2.93. The number of thiazole rings is 1. The Morgan fingerprint density at radius 1 is 1.11 bits per heavy atom. The van der Waals surface area contributed by atoms with Crippen LogP contribution in [-0.4, -0.2) is 38.0 Å². The molecular weight excluding hydrogens is 396 g/mol. The summed E-state index contributed by atoms with van der Waals surface area (Å²) in [7, 11) is 4.70. The number of nitrogens with zero attached hydrogens (tertiary/aromatic N) is 1. The van der Waals surface area contributed by atoms with Crippen molar-refractivity contribution in [1.29, 1.82) is 0 Å². The maximum atomic E-state index is 12.2. The molecule has 1 N–H and O–H groups in total. The molecule has 28 heavy (non-hydrogen) atoms. The minimum Gasteiger partial charge on any atom is -0.493 e. The van der Waals surface area contributed by atoms with Gasteiger partial charge in [-0.25, -0.2) is 4.98 Å². The SMILES string of the molecule is COc1cc(CNC(=O)CCSc2nc3ccccc3s2)cc(OC)c1OC. The average Bonchev–Trinajstić information content (AvgIpc) is 3.14. The van der Waals surface area contributed by atoms with Crippen molar-refractivity contribution in [2.24, 2.45) is 0 Å². The van der Waals surface area contributed by atoms with E-state index in [1.165, 1.54) is 0 Å². The Labute approximate surface area is 172 Å². The Balaban J connectivity index is 1.51. The first-order chi connectivity index (χ1) is 13.6. The lowest BCUT2D eigenvalue weighted by atomic mass is 10.1. The Morgan fingerprint density at radius 3 is 2.46 bits per heavy atom. The van der Waals surface area contributed by atoms with Crippen molar-refractivity contribution in [2.75, 3.05) is 27.1 Å². The van der Waals surface area contributed by atoms with Gasteiger partial charge in [-0.2, -0.15) is 0 Å². The molecule has 148 valence electrons. The number of para-hydroxylation sites is 1. The summed E-state index contributed by atoms with van der Waals surface area (Å²) in [6.07, 6.45) is 0.422. The zero-order valence-electron chi connectivity index (χ0n) is 16.0. The van der Waals surface area contributed by atoms with Crippen LogP contribution in [0.5, 0.6) is 17.2 Å². The van der Waals surface area contributed by atoms with Gasteiger partial charge in [-0.05, 0) is 29.8 Å². The van der Waals surface area contributed by atoms with E-state index in [2.05, 4.69) is 16.4 Å². The van der Waals surface area contributed by atoms with Crippen LogP contribution in [0.25, 0.3) is 10.2 Å². The van der Waals surface area contributed by atoms with E-state index in [4.69, 9.17) is 14.2 Å². The van der Waals surface area contributed by atoms with E-state index in [1.807, 2.05) is 30.3 Å². The molecule has 0 fully saturated rings. The van der Waals surface area contributed by atoms with Gasteiger partial charge in [0, 0.05) is 18.7 Å². The predicted molar refractivity (Wildman–Crippen MR) is 113 cm³/mol. The molecule has 0 aliphatic rings. The number of hydrogen-bond donors (Lipinski definition) is 1. The number of thioether (sulfide) groups is 1. The van der Waals surface area contributed by atoms with Crippen molar-refractivity contribution in [3.05, 3.63) is 42.0 Å². The molecule has 0 aliphatic heterocycles. The number of methoxy groups -OCH3 is 3. The summed E-state index contributed by atoms with van der Waals surface area (Å²) in [6, 6.07) is 11.7. The van der Waals surface area contributed by atoms with E-state index >= 15 is 0 Å². The van der Waals surface area contributed by atoms with Gasteiger partial charge in [0.25, 0.3) is 0 Å². The van der Waals surface area contributed by atoms with Gasteiger partial charge in [-0.1, -0.05) is 23.9 Å². The number of rotatable bonds is 9. The van der Waals surface area contributed by atoms with Crippen LogP contribution in [0.3, 0.4) is 0 Å². The van der Waals surface area contributed by atoms with Crippen LogP contribution in [-0.2, 0) is 11.3 Å². The van der Waals surface area contributed by atoms with Crippen molar-refractivity contribution < 1.29 is 19.0 Å². The fourth-order valence-electron chi connectivity index (χ4n) is 2.67. The molecule has 6 nitrogen and oxygen atoms in total. The Kier molecular flexibility index (Phi) is 7.00. The van der Waals surface area contributed by atoms with Gasteiger partial charge in [0.1, 0.15) is 0 Å². The Morgan fingerprint density at radius 2 is 1.82 bits per heavy atom. The summed E-state index contributed by atoms with van der Waals surface area (Å²) in [6.45, 7) is 0.390. The Bertz CT molecular complexity index is 900. The smallest absolute Gasteiger partial charge is 0.221 e. The van der Waals surface area contributed by atoms with E-state index in [0.29, 0.717) is 36.0 Å². The van der Waals surface area contributed by atoms with E-state index in [0.717, 1.165) is 20.1 Å². The van der Waals surface area contributed by atoms with E-state index in [-0.39, 0.29) is 5.91 Å². The fourth-order valence-corrected chi connectivity index (χ4v) is 4.75. The lowest BCUT2D eigenvalue weighted by molar-refractivity contribution is -0.120. The molecule has 1 aromatic heterocycles. The summed E-state index contributed by atoms with van der Waals surface area (Å²) >= 11 is 3.25. The van der Waals surface area contributed by atoms with Gasteiger partial charge in [-0.15, -0.1) is 11.3 Å². The molecule has 0 saturated carbocycles. The molecule has 3 rings (SSSR count). The minimum atomic E-state index is -0.0117. The maximum absolute atomic E-state index is 12.2. The van der Waals surface area contributed by atoms with Gasteiger partial charge in [0.15, 0.2) is 15.8 Å². The van der Waals surface area contributed by atoms with E-state index in [1.54, 1.807) is 44.4 Å². The predicted octanol–water partition coefficient (Wildman–Crippen LogP) is 4.12. The maximum Gasteiger partial charge on any atom is 0.221 e. The molecule has 0 spiro atoms. The van der Waals surface area contributed by atoms with Gasteiger partial charge in [0.2, 0.25) is 11.7 Å². The molecule has 1 amide bonds. The van der Waals surface area contributed by atoms with Gasteiger partial charge >= 0.3 is 0 Å². The van der Waals surface area contributed by atoms with Crippen LogP contribution in [0, 0.1) is 0 Å². The van der Waals surface area contributed by atoms with Crippen LogP contribution in [0.15, 0.2) is 40.7 Å². The topological polar surface area (TPSA) is 69.7 Å². The fraction of sp³-hybridized carbons (Fsp3) is 0.300. The van der Waals surface area contributed by atoms with Crippen molar-refractivity contribution in [1.82, 2.24) is 10.3 Å². The number of nitrogens with one attached hydrogen (secondary N) is 1. The number of hydrogen-bond acceptors (Lipinski definition) is 7. The first kappa shape index (κ1) is 20.3. The minimum absolute atomic E-state index is 0.0117. The molecule has 0 bridgehead atoms. The molecule has 0 saturated heterocycles. The molecule has 2 aromatic carbocycles. The molecule has 0 atom stereocenters. The first-order valence-corrected chi connectivity index (χ1v) is 10.5. The van der Waals surface area contributed by atoms with Crippen molar-refractivity contribution in [2.45, 2.75) is 17.3 Å². The number of amides is 1. The number of carbonyl (C=O) groups excluding carboxylic acids is 1. The molecule has 0 unspecified atom stereocenters. The number of carbonyl (C=O) groups is 1. The monoisotopic (exact) mass is 418 g/mol. The van der Waals surface area contributed by atoms with Crippen LogP contribution in [0.2, 0.25) is 0 Å². The van der Waals surface area contributed by atoms with Crippen molar-refractivity contribution in [3.63, 3.8) is 0 Å². The number of ether oxygens (including phenoxy) is 3. The zero-order valence-corrected chi connectivity index (χ0v) is 17.6. The highest BCUT2D eigenvalue weighted by Gasteiger charge is 2.13. The second-order valence-corrected chi connectivity index (χ2v) is 8.23. The van der Waals surface area contributed by atoms with Crippen molar-refractivity contribution in [3.8, 4) is 17.2 Å². The molecule has 3 aromatic rings. The van der Waals surface area contributed by atoms with Gasteiger partial charge in [-0.3, -0.25) is 4.79 Å². The lowest BCUT2D eigenvalue weighted by Gasteiger charge is -2.14. The zero-order chi connectivity index (χ0) is 19.9. The van der Waals surface area contributed by atoms with E-state index in [9.17, 15) is 4.79 Å². The number of benzene rings is 2. The third-order valence-corrected chi connectivity index (χ3v) is 6.22. The lowest BCUT2D eigenvalue weighted by Crippen LogP contribution is -2.23. The highest BCUT2D eigenvalue weighted by molar-refractivity contribution is 8.01. The van der Waals surface area contributed by atoms with Gasteiger partial charge < -0.3 is 19.5 Å². The highest BCUT2D eigenvalue weighted by Crippen LogP contribution is 2.38. The number of fused-ring (bicyclic) bond motifs is 1. The molecule has 1 heterocycles. The normalized spacial score (nSPS) is 10.7. The summed E-state index contributed by atoms with van der Waals surface area (Å²) in [5.41, 5.74) is 1.88. The second kappa shape index (κ2) is 9.66. The molecule has 0 radical (unpaired) electrons. The first-order valence-electron chi connectivity index (χ1n) is 8.68. The standard InChI is InChI=1S/C20H22N2O4S2/c1-24-15-10-13(11-16(25-2)19(15)26-3)12-21-18(23)8-9-27-20-22-14-6-4-5-7-17(14)28-20/h4-7,10-11H,8-9,12H2,1-3H3,(H,21,23). The summed E-state index contributed by atoms with van der Waals surface area (Å²) in [5.74, 6) is 2.34. The second-order valence-electron chi connectivity index (χ2n) is 5.86. The van der Waals surface area contributed by atoms with Crippen LogP contribution < -0.4 is 19.5 Å². The van der Waals surface area contributed by atoms with Crippen LogP contribution in [0.1, 0.15) is 12.0 Å². The average molecular weight is 419 g/mol. The highest BCUT2D eigenvalue weighted by atomic mass is 32.2. The quantitative estimate of drug-likeness (QED) is 0.527. The molecular formula is C20H22N2O4S2. The van der Waals surface area contributed by atoms with Crippen LogP contribution in [0.4, 0.5) is 0 Å². The Hall–Kier alpha value is -2.45. The third kappa shape index (κ3) is 4.88.